The molecule has 0 fully saturated rings. The molecule has 0 heterocycles. The van der Waals surface area contributed by atoms with Crippen LogP contribution in [0.3, 0.4) is 0 Å². The molecule has 0 spiro atoms. The van der Waals surface area contributed by atoms with E-state index in [-0.39, 0.29) is 37.5 Å². The van der Waals surface area contributed by atoms with Crippen LogP contribution in [0.15, 0.2) is 109 Å². The van der Waals surface area contributed by atoms with Gasteiger partial charge in [-0.2, -0.15) is 0 Å². The van der Waals surface area contributed by atoms with Gasteiger partial charge >= 0.3 is 17.9 Å². The van der Waals surface area contributed by atoms with E-state index in [9.17, 15) is 14.4 Å². The molecular formula is C63H104O6. The summed E-state index contributed by atoms with van der Waals surface area (Å²) in [6.45, 7) is 6.40. The molecule has 0 rings (SSSR count). The van der Waals surface area contributed by atoms with E-state index in [0.717, 1.165) is 83.5 Å². The second-order valence-corrected chi connectivity index (χ2v) is 18.6. The van der Waals surface area contributed by atoms with Crippen molar-refractivity contribution < 1.29 is 28.6 Å². The van der Waals surface area contributed by atoms with E-state index in [1.807, 2.05) is 18.2 Å². The number of hydrogen-bond donors (Lipinski definition) is 0. The largest absolute Gasteiger partial charge is 0.462 e. The second kappa shape index (κ2) is 56.7. The van der Waals surface area contributed by atoms with E-state index in [0.29, 0.717) is 19.3 Å². The molecule has 392 valence electrons. The van der Waals surface area contributed by atoms with E-state index in [1.165, 1.54) is 122 Å². The molecule has 0 saturated carbocycles. The summed E-state index contributed by atoms with van der Waals surface area (Å²) in [4.78, 5) is 38.1. The summed E-state index contributed by atoms with van der Waals surface area (Å²) in [5.41, 5.74) is 0. The fourth-order valence-electron chi connectivity index (χ4n) is 7.58. The number of allylic oxidation sites excluding steroid dienone is 18. The van der Waals surface area contributed by atoms with Crippen LogP contribution >= 0.6 is 0 Å². The fourth-order valence-corrected chi connectivity index (χ4v) is 7.58. The number of ether oxygens (including phenoxy) is 3. The smallest absolute Gasteiger partial charge is 0.306 e. The fraction of sp³-hybridized carbons (Fsp3) is 0.667. The van der Waals surface area contributed by atoms with Gasteiger partial charge < -0.3 is 14.2 Å². The van der Waals surface area contributed by atoms with Crippen LogP contribution in [0.5, 0.6) is 0 Å². The van der Waals surface area contributed by atoms with Crippen LogP contribution in [0.1, 0.15) is 252 Å². The Kier molecular flexibility index (Phi) is 53.4. The average molecular weight is 958 g/mol. The van der Waals surface area contributed by atoms with Gasteiger partial charge in [0, 0.05) is 19.3 Å². The maximum absolute atomic E-state index is 12.8. The molecule has 0 aliphatic heterocycles. The van der Waals surface area contributed by atoms with Gasteiger partial charge in [-0.05, 0) is 96.3 Å². The number of rotatable bonds is 50. The molecule has 0 aliphatic carbocycles. The van der Waals surface area contributed by atoms with E-state index < -0.39 is 6.10 Å². The lowest BCUT2D eigenvalue weighted by Gasteiger charge is -2.18. The van der Waals surface area contributed by atoms with Crippen LogP contribution < -0.4 is 0 Å². The molecule has 0 aromatic heterocycles. The van der Waals surface area contributed by atoms with Gasteiger partial charge in [-0.3, -0.25) is 14.4 Å². The van der Waals surface area contributed by atoms with Crippen molar-refractivity contribution in [2.24, 2.45) is 0 Å². The summed E-state index contributed by atoms with van der Waals surface area (Å²) < 4.78 is 16.8. The van der Waals surface area contributed by atoms with Crippen molar-refractivity contribution in [3.05, 3.63) is 109 Å². The minimum Gasteiger partial charge on any atom is -0.462 e. The first kappa shape index (κ1) is 65.1. The summed E-state index contributed by atoms with van der Waals surface area (Å²) in [6.07, 6.45) is 76.5. The molecule has 0 N–H and O–H groups in total. The Morgan fingerprint density at radius 3 is 1.10 bits per heavy atom. The molecule has 6 nitrogen and oxygen atoms in total. The summed E-state index contributed by atoms with van der Waals surface area (Å²) >= 11 is 0. The number of carbonyl (C=O) groups excluding carboxylic acids is 3. The monoisotopic (exact) mass is 957 g/mol. The lowest BCUT2D eigenvalue weighted by Crippen LogP contribution is -2.30. The molecule has 1 unspecified atom stereocenters. The Balaban J connectivity index is 4.50. The van der Waals surface area contributed by atoms with Gasteiger partial charge in [-0.25, -0.2) is 0 Å². The molecule has 0 aromatic carbocycles. The molecule has 6 heteroatoms. The molecule has 0 radical (unpaired) electrons. The standard InChI is InChI=1S/C63H104O6/c1-4-7-10-13-16-19-22-25-28-30-31-33-35-38-41-44-47-50-53-56-62(65)68-59-60(58-67-61(64)55-52-49-46-43-40-37-34-27-24-21-18-15-12-9-6-3)69-63(66)57-54-51-48-45-42-39-36-32-29-26-23-20-17-14-11-8-5-2/h9,12,15-16,18-19,21-22,24-27,29,34,36,39,45,48,60H,4-8,10-11,13-14,17,20,23,28,30-33,35,37-38,40-44,46-47,49-59H2,1-3H3/b12-9-,18-15-,19-16-,24-21-,25-22-,29-26-,34-27-,39-36-,48-45-. The van der Waals surface area contributed by atoms with Crippen LogP contribution in [0.4, 0.5) is 0 Å². The predicted molar refractivity (Wildman–Crippen MR) is 297 cm³/mol. The zero-order chi connectivity index (χ0) is 50.0. The Morgan fingerprint density at radius 1 is 0.319 bits per heavy atom. The maximum atomic E-state index is 12.8. The van der Waals surface area contributed by atoms with E-state index >= 15 is 0 Å². The van der Waals surface area contributed by atoms with Crippen molar-refractivity contribution >= 4 is 17.9 Å². The van der Waals surface area contributed by atoms with Crippen molar-refractivity contribution in [3.63, 3.8) is 0 Å². The summed E-state index contributed by atoms with van der Waals surface area (Å²) in [6, 6.07) is 0. The summed E-state index contributed by atoms with van der Waals surface area (Å²) in [5, 5.41) is 0. The third-order valence-electron chi connectivity index (χ3n) is 11.9. The Bertz CT molecular complexity index is 1420. The van der Waals surface area contributed by atoms with Crippen LogP contribution in [-0.4, -0.2) is 37.2 Å². The van der Waals surface area contributed by atoms with Gasteiger partial charge in [-0.1, -0.05) is 246 Å². The van der Waals surface area contributed by atoms with Gasteiger partial charge in [0.2, 0.25) is 0 Å². The molecule has 69 heavy (non-hydrogen) atoms. The van der Waals surface area contributed by atoms with Gasteiger partial charge in [0.25, 0.3) is 0 Å². The normalized spacial score (nSPS) is 12.9. The van der Waals surface area contributed by atoms with Gasteiger partial charge in [-0.15, -0.1) is 0 Å². The van der Waals surface area contributed by atoms with Gasteiger partial charge in [0.1, 0.15) is 13.2 Å². The van der Waals surface area contributed by atoms with E-state index in [2.05, 4.69) is 112 Å². The van der Waals surface area contributed by atoms with Crippen LogP contribution in [-0.2, 0) is 28.6 Å². The first-order valence-electron chi connectivity index (χ1n) is 28.5. The SMILES string of the molecule is CC\C=C/C=C\C=C/C=C\CCCCCCCC(=O)OCC(COC(=O)CCCCCCCCCCCC/C=C\C=C/CCCCC)OC(=O)CCC/C=C\C/C=C\C/C=C\CCCCCCCC. The van der Waals surface area contributed by atoms with Crippen molar-refractivity contribution in [3.8, 4) is 0 Å². The molecule has 0 bridgehead atoms. The zero-order valence-electron chi connectivity index (χ0n) is 44.8. The van der Waals surface area contributed by atoms with Crippen molar-refractivity contribution in [2.45, 2.75) is 258 Å². The number of unbranched alkanes of at least 4 members (excludes halogenated alkanes) is 25. The Morgan fingerprint density at radius 2 is 0.638 bits per heavy atom. The zero-order valence-corrected chi connectivity index (χ0v) is 44.8. The third-order valence-corrected chi connectivity index (χ3v) is 11.9. The first-order chi connectivity index (χ1) is 34.0. The van der Waals surface area contributed by atoms with Crippen molar-refractivity contribution in [1.82, 2.24) is 0 Å². The minimum absolute atomic E-state index is 0.109. The number of esters is 3. The lowest BCUT2D eigenvalue weighted by molar-refractivity contribution is -0.167. The van der Waals surface area contributed by atoms with E-state index in [4.69, 9.17) is 14.2 Å². The lowest BCUT2D eigenvalue weighted by atomic mass is 10.1. The minimum atomic E-state index is -0.818. The molecule has 0 saturated heterocycles. The summed E-state index contributed by atoms with van der Waals surface area (Å²) in [5.74, 6) is -0.989. The Labute approximate surface area is 425 Å². The van der Waals surface area contributed by atoms with Gasteiger partial charge in [0.05, 0.1) is 0 Å². The number of hydrogen-bond acceptors (Lipinski definition) is 6. The molecule has 0 amide bonds. The molecule has 0 aliphatic rings. The van der Waals surface area contributed by atoms with Gasteiger partial charge in [0.15, 0.2) is 6.10 Å². The molecule has 0 aromatic rings. The molecule has 1 atom stereocenters. The highest BCUT2D eigenvalue weighted by atomic mass is 16.6. The van der Waals surface area contributed by atoms with Crippen molar-refractivity contribution in [1.29, 1.82) is 0 Å². The van der Waals surface area contributed by atoms with E-state index in [1.54, 1.807) is 0 Å². The van der Waals surface area contributed by atoms with Crippen LogP contribution in [0.25, 0.3) is 0 Å². The number of carbonyl (C=O) groups is 3. The Hall–Kier alpha value is -3.93. The summed E-state index contributed by atoms with van der Waals surface area (Å²) in [7, 11) is 0. The quantitative estimate of drug-likeness (QED) is 0.0199. The third kappa shape index (κ3) is 54.9. The highest BCUT2D eigenvalue weighted by Crippen LogP contribution is 2.14. The topological polar surface area (TPSA) is 78.9 Å². The van der Waals surface area contributed by atoms with Crippen LogP contribution in [0, 0.1) is 0 Å². The average Bonchev–Trinajstić information content (AvgIpc) is 3.35. The maximum Gasteiger partial charge on any atom is 0.306 e. The second-order valence-electron chi connectivity index (χ2n) is 18.6. The van der Waals surface area contributed by atoms with Crippen LogP contribution in [0.2, 0.25) is 0 Å². The molecular weight excluding hydrogens is 853 g/mol. The predicted octanol–water partition coefficient (Wildman–Crippen LogP) is 19.1. The van der Waals surface area contributed by atoms with Crippen molar-refractivity contribution in [2.75, 3.05) is 13.2 Å². The highest BCUT2D eigenvalue weighted by molar-refractivity contribution is 5.71. The highest BCUT2D eigenvalue weighted by Gasteiger charge is 2.19. The first-order valence-corrected chi connectivity index (χ1v) is 28.5.